The van der Waals surface area contributed by atoms with Crippen LogP contribution in [0.25, 0.3) is 17.4 Å². The summed E-state index contributed by atoms with van der Waals surface area (Å²) in [4.78, 5) is 30.1. The smallest absolute Gasteiger partial charge is 0.270 e. The maximum atomic E-state index is 13.7. The van der Waals surface area contributed by atoms with Crippen LogP contribution in [0.1, 0.15) is 16.9 Å². The van der Waals surface area contributed by atoms with Gasteiger partial charge >= 0.3 is 0 Å². The van der Waals surface area contributed by atoms with E-state index in [0.717, 1.165) is 11.1 Å². The zero-order chi connectivity index (χ0) is 26.3. The zero-order valence-corrected chi connectivity index (χ0v) is 22.2. The van der Waals surface area contributed by atoms with Gasteiger partial charge in [-0.15, -0.1) is 0 Å². The lowest BCUT2D eigenvalue weighted by molar-refractivity contribution is -0.120. The third-order valence-corrected chi connectivity index (χ3v) is 7.04. The molecule has 8 heteroatoms. The van der Waals surface area contributed by atoms with Crippen molar-refractivity contribution in [3.05, 3.63) is 111 Å². The van der Waals surface area contributed by atoms with Gasteiger partial charge in [-0.05, 0) is 97.9 Å². The first-order valence-corrected chi connectivity index (χ1v) is 12.5. The molecule has 0 spiro atoms. The van der Waals surface area contributed by atoms with Crippen LogP contribution in [-0.4, -0.2) is 16.9 Å². The molecular weight excluding hydrogens is 527 g/mol. The predicted octanol–water partition coefficient (Wildman–Crippen LogP) is 7.62. The number of furan rings is 1. The largest absolute Gasteiger partial charge is 0.457 e. The first-order valence-electron chi connectivity index (χ1n) is 11.4. The molecule has 1 aliphatic heterocycles. The van der Waals surface area contributed by atoms with Gasteiger partial charge in [-0.2, -0.15) is 0 Å². The number of para-hydroxylation sites is 1. The summed E-state index contributed by atoms with van der Waals surface area (Å²) in [5.41, 5.74) is 3.76. The predicted molar refractivity (Wildman–Crippen MR) is 152 cm³/mol. The van der Waals surface area contributed by atoms with Gasteiger partial charge in [0.25, 0.3) is 11.8 Å². The summed E-state index contributed by atoms with van der Waals surface area (Å²) in [6.07, 6.45) is 1.43. The Morgan fingerprint density at radius 3 is 2.16 bits per heavy atom. The number of anilines is 2. The van der Waals surface area contributed by atoms with Gasteiger partial charge in [-0.1, -0.05) is 47.5 Å². The van der Waals surface area contributed by atoms with Crippen molar-refractivity contribution >= 4 is 69.8 Å². The maximum absolute atomic E-state index is 13.7. The van der Waals surface area contributed by atoms with Crippen LogP contribution in [0, 0.1) is 13.8 Å². The molecule has 0 atom stereocenters. The number of aryl methyl sites for hydroxylation is 2. The Kier molecular flexibility index (Phi) is 6.73. The van der Waals surface area contributed by atoms with E-state index in [1.807, 2.05) is 38.1 Å². The fourth-order valence-electron chi connectivity index (χ4n) is 4.03. The molecule has 37 heavy (non-hydrogen) atoms. The molecule has 0 unspecified atom stereocenters. The second kappa shape index (κ2) is 9.98. The number of carbonyl (C=O) groups is 2. The van der Waals surface area contributed by atoms with Crippen LogP contribution >= 0.6 is 35.4 Å². The molecule has 1 saturated heterocycles. The average Bonchev–Trinajstić information content (AvgIpc) is 3.33. The molecule has 5 rings (SSSR count). The number of carbonyl (C=O) groups excluding carboxylic acids is 2. The summed E-state index contributed by atoms with van der Waals surface area (Å²) >= 11 is 18.0. The van der Waals surface area contributed by atoms with Gasteiger partial charge in [-0.3, -0.25) is 19.4 Å². The van der Waals surface area contributed by atoms with Gasteiger partial charge < -0.3 is 4.42 Å². The number of hydrogen-bond donors (Lipinski definition) is 0. The van der Waals surface area contributed by atoms with Gasteiger partial charge in [0.05, 0.1) is 16.4 Å². The Hall–Kier alpha value is -3.71. The standard InChI is InChI=1S/C29H20Cl2N2O3S/c1-17-8-10-21(14-18(17)2)33-28(35)24(27(34)32(29(33)37)20-6-4-3-5-7-20)16-22-11-13-26(36-22)23-12-9-19(30)15-25(23)31/h3-16H,1-2H3/b24-16+. The topological polar surface area (TPSA) is 53.8 Å². The van der Waals surface area contributed by atoms with Crippen molar-refractivity contribution in [2.45, 2.75) is 13.8 Å². The van der Waals surface area contributed by atoms with Crippen molar-refractivity contribution in [2.75, 3.05) is 9.80 Å². The highest BCUT2D eigenvalue weighted by Gasteiger charge is 2.41. The van der Waals surface area contributed by atoms with Gasteiger partial charge in [0.15, 0.2) is 5.11 Å². The minimum Gasteiger partial charge on any atom is -0.457 e. The van der Waals surface area contributed by atoms with E-state index < -0.39 is 11.8 Å². The zero-order valence-electron chi connectivity index (χ0n) is 19.9. The van der Waals surface area contributed by atoms with E-state index in [1.165, 1.54) is 15.9 Å². The molecule has 4 aromatic rings. The average molecular weight is 547 g/mol. The molecule has 0 aliphatic carbocycles. The summed E-state index contributed by atoms with van der Waals surface area (Å²) in [6.45, 7) is 3.95. The Morgan fingerprint density at radius 1 is 0.784 bits per heavy atom. The fourth-order valence-corrected chi connectivity index (χ4v) is 4.91. The van der Waals surface area contributed by atoms with Crippen LogP contribution in [0.3, 0.4) is 0 Å². The van der Waals surface area contributed by atoms with Gasteiger partial charge in [0.1, 0.15) is 17.1 Å². The van der Waals surface area contributed by atoms with Crippen LogP contribution in [0.2, 0.25) is 10.0 Å². The van der Waals surface area contributed by atoms with Crippen LogP contribution in [0.5, 0.6) is 0 Å². The van der Waals surface area contributed by atoms with Crippen molar-refractivity contribution in [3.63, 3.8) is 0 Å². The van der Waals surface area contributed by atoms with E-state index in [1.54, 1.807) is 54.6 Å². The van der Waals surface area contributed by atoms with Crippen LogP contribution in [0.15, 0.2) is 88.9 Å². The Balaban J connectivity index is 1.61. The summed E-state index contributed by atoms with van der Waals surface area (Å²) in [5, 5.41) is 1.01. The molecule has 1 fully saturated rings. The maximum Gasteiger partial charge on any atom is 0.270 e. The summed E-state index contributed by atoms with van der Waals surface area (Å²) in [5.74, 6) is -0.277. The van der Waals surface area contributed by atoms with Crippen molar-refractivity contribution in [1.29, 1.82) is 0 Å². The van der Waals surface area contributed by atoms with Crippen LogP contribution in [-0.2, 0) is 9.59 Å². The molecule has 2 heterocycles. The lowest BCUT2D eigenvalue weighted by Gasteiger charge is -2.36. The first-order chi connectivity index (χ1) is 17.7. The van der Waals surface area contributed by atoms with Gasteiger partial charge in [-0.25, -0.2) is 0 Å². The molecule has 184 valence electrons. The number of amides is 2. The van der Waals surface area contributed by atoms with E-state index in [0.29, 0.717) is 38.5 Å². The first kappa shape index (κ1) is 25.0. The molecule has 5 nitrogen and oxygen atoms in total. The molecule has 1 aliphatic rings. The van der Waals surface area contributed by atoms with E-state index >= 15 is 0 Å². The van der Waals surface area contributed by atoms with Crippen molar-refractivity contribution in [3.8, 4) is 11.3 Å². The number of hydrogen-bond acceptors (Lipinski definition) is 4. The molecule has 2 amide bonds. The second-order valence-corrected chi connectivity index (χ2v) is 9.76. The highest BCUT2D eigenvalue weighted by molar-refractivity contribution is 7.81. The fraction of sp³-hybridized carbons (Fsp3) is 0.0690. The lowest BCUT2D eigenvalue weighted by atomic mass is 10.1. The Bertz CT molecular complexity index is 1590. The van der Waals surface area contributed by atoms with Crippen molar-refractivity contribution < 1.29 is 14.0 Å². The van der Waals surface area contributed by atoms with Crippen molar-refractivity contribution in [1.82, 2.24) is 0 Å². The third-order valence-electron chi connectivity index (χ3n) is 6.12. The second-order valence-electron chi connectivity index (χ2n) is 8.55. The van der Waals surface area contributed by atoms with E-state index in [4.69, 9.17) is 39.8 Å². The Labute approximate surface area is 229 Å². The molecule has 0 saturated carbocycles. The molecule has 1 aromatic heterocycles. The monoisotopic (exact) mass is 546 g/mol. The normalized spacial score (nSPS) is 15.1. The van der Waals surface area contributed by atoms with E-state index in [-0.39, 0.29) is 10.7 Å². The number of thiocarbonyl (C=S) groups is 1. The molecule has 3 aromatic carbocycles. The quantitative estimate of drug-likeness (QED) is 0.150. The minimum absolute atomic E-state index is 0.0784. The number of nitrogens with zero attached hydrogens (tertiary/aromatic N) is 2. The number of rotatable bonds is 4. The summed E-state index contributed by atoms with van der Waals surface area (Å²) in [7, 11) is 0. The lowest BCUT2D eigenvalue weighted by Crippen LogP contribution is -2.57. The highest BCUT2D eigenvalue weighted by atomic mass is 35.5. The molecule has 0 bridgehead atoms. The molecule has 0 N–H and O–H groups in total. The van der Waals surface area contributed by atoms with Gasteiger partial charge in [0, 0.05) is 10.6 Å². The summed E-state index contributed by atoms with van der Waals surface area (Å²) < 4.78 is 5.96. The van der Waals surface area contributed by atoms with Crippen LogP contribution < -0.4 is 9.80 Å². The highest BCUT2D eigenvalue weighted by Crippen LogP contribution is 2.34. The minimum atomic E-state index is -0.538. The van der Waals surface area contributed by atoms with Crippen LogP contribution in [0.4, 0.5) is 11.4 Å². The molecular formula is C29H20Cl2N2O3S. The SMILES string of the molecule is Cc1ccc(N2C(=O)/C(=C/c3ccc(-c4ccc(Cl)cc4Cl)o3)C(=O)N(c3ccccc3)C2=S)cc1C. The van der Waals surface area contributed by atoms with E-state index in [9.17, 15) is 9.59 Å². The number of benzene rings is 3. The van der Waals surface area contributed by atoms with Gasteiger partial charge in [0.2, 0.25) is 0 Å². The van der Waals surface area contributed by atoms with E-state index in [2.05, 4.69) is 0 Å². The molecule has 0 radical (unpaired) electrons. The summed E-state index contributed by atoms with van der Waals surface area (Å²) in [6, 6.07) is 23.1. The third kappa shape index (κ3) is 4.71. The number of halogens is 2. The Morgan fingerprint density at radius 2 is 1.49 bits per heavy atom. The van der Waals surface area contributed by atoms with Crippen molar-refractivity contribution in [2.24, 2.45) is 0 Å².